The van der Waals surface area contributed by atoms with Gasteiger partial charge in [-0.2, -0.15) is 0 Å². The Kier molecular flexibility index (Phi) is 7.81. The molecule has 182 valence electrons. The molecule has 1 amide bonds. The van der Waals surface area contributed by atoms with Crippen LogP contribution in [0.1, 0.15) is 43.0 Å². The van der Waals surface area contributed by atoms with Crippen molar-refractivity contribution in [2.45, 2.75) is 26.9 Å². The molecule has 0 saturated heterocycles. The van der Waals surface area contributed by atoms with E-state index in [1.165, 1.54) is 7.11 Å². The van der Waals surface area contributed by atoms with Gasteiger partial charge in [0.2, 0.25) is 0 Å². The smallest absolute Gasteiger partial charge is 0.337 e. The van der Waals surface area contributed by atoms with E-state index >= 15 is 0 Å². The molecule has 5 heteroatoms. The number of nitrogens with zero attached hydrogens (tertiary/aromatic N) is 1. The number of esters is 1. The second-order valence-electron chi connectivity index (χ2n) is 8.68. The minimum absolute atomic E-state index is 0.0884. The molecule has 4 rings (SSSR count). The van der Waals surface area contributed by atoms with Gasteiger partial charge in [-0.3, -0.25) is 4.79 Å². The Morgan fingerprint density at radius 1 is 0.667 bits per heavy atom. The molecule has 0 aliphatic carbocycles. The van der Waals surface area contributed by atoms with Gasteiger partial charge in [0.1, 0.15) is 11.5 Å². The third-order valence-electron chi connectivity index (χ3n) is 5.98. The molecular weight excluding hydrogens is 450 g/mol. The second-order valence-corrected chi connectivity index (χ2v) is 8.68. The van der Waals surface area contributed by atoms with Crippen molar-refractivity contribution in [3.63, 3.8) is 0 Å². The molecule has 0 heterocycles. The molecule has 0 bridgehead atoms. The molecule has 0 saturated carbocycles. The van der Waals surface area contributed by atoms with Crippen LogP contribution < -0.4 is 4.74 Å². The van der Waals surface area contributed by atoms with Gasteiger partial charge >= 0.3 is 5.97 Å². The zero-order chi connectivity index (χ0) is 25.5. The fourth-order valence-corrected chi connectivity index (χ4v) is 4.01. The van der Waals surface area contributed by atoms with Crippen LogP contribution in [-0.4, -0.2) is 23.9 Å². The van der Waals surface area contributed by atoms with Crippen LogP contribution in [-0.2, 0) is 17.8 Å². The van der Waals surface area contributed by atoms with E-state index in [4.69, 9.17) is 9.47 Å². The molecule has 0 aromatic heterocycles. The van der Waals surface area contributed by atoms with Gasteiger partial charge in [-0.15, -0.1) is 0 Å². The number of ether oxygens (including phenoxy) is 2. The summed E-state index contributed by atoms with van der Waals surface area (Å²) in [6.45, 7) is 4.88. The molecule has 0 aliphatic rings. The van der Waals surface area contributed by atoms with Crippen molar-refractivity contribution in [3.8, 4) is 11.5 Å². The van der Waals surface area contributed by atoms with Crippen LogP contribution in [0.4, 0.5) is 0 Å². The van der Waals surface area contributed by atoms with Gasteiger partial charge in [0, 0.05) is 18.7 Å². The van der Waals surface area contributed by atoms with Gasteiger partial charge in [0.15, 0.2) is 0 Å². The second kappa shape index (κ2) is 11.4. The summed E-state index contributed by atoms with van der Waals surface area (Å²) in [5.74, 6) is 1.03. The molecule has 36 heavy (non-hydrogen) atoms. The number of amides is 1. The normalized spacial score (nSPS) is 10.5. The van der Waals surface area contributed by atoms with E-state index in [-0.39, 0.29) is 11.9 Å². The van der Waals surface area contributed by atoms with Gasteiger partial charge in [0.25, 0.3) is 5.91 Å². The van der Waals surface area contributed by atoms with Crippen molar-refractivity contribution in [2.24, 2.45) is 0 Å². The number of aryl methyl sites for hydroxylation is 2. The highest BCUT2D eigenvalue weighted by Crippen LogP contribution is 2.29. The maximum atomic E-state index is 13.6. The van der Waals surface area contributed by atoms with Crippen molar-refractivity contribution in [3.05, 3.63) is 130 Å². The largest absolute Gasteiger partial charge is 0.465 e. The van der Waals surface area contributed by atoms with Gasteiger partial charge in [0.05, 0.1) is 12.7 Å². The average Bonchev–Trinajstić information content (AvgIpc) is 2.91. The van der Waals surface area contributed by atoms with E-state index in [1.807, 2.05) is 86.6 Å². The topological polar surface area (TPSA) is 55.8 Å². The number of carbonyl (C=O) groups is 2. The molecule has 0 unspecified atom stereocenters. The minimum Gasteiger partial charge on any atom is -0.465 e. The summed E-state index contributed by atoms with van der Waals surface area (Å²) in [6, 6.07) is 30.3. The van der Waals surface area contributed by atoms with Gasteiger partial charge < -0.3 is 14.4 Å². The van der Waals surface area contributed by atoms with Crippen LogP contribution in [0.25, 0.3) is 0 Å². The number of benzene rings is 4. The van der Waals surface area contributed by atoms with E-state index in [0.29, 0.717) is 30.0 Å². The first-order chi connectivity index (χ1) is 17.4. The number of carbonyl (C=O) groups excluding carboxylic acids is 2. The van der Waals surface area contributed by atoms with Crippen molar-refractivity contribution in [2.75, 3.05) is 7.11 Å². The van der Waals surface area contributed by atoms with Gasteiger partial charge in [-0.05, 0) is 72.5 Å². The molecule has 0 spiro atoms. The molecule has 0 radical (unpaired) electrons. The monoisotopic (exact) mass is 479 g/mol. The van der Waals surface area contributed by atoms with E-state index in [2.05, 4.69) is 0 Å². The number of rotatable bonds is 8. The van der Waals surface area contributed by atoms with Gasteiger partial charge in [-0.1, -0.05) is 60.7 Å². The lowest BCUT2D eigenvalue weighted by Crippen LogP contribution is -2.30. The number of para-hydroxylation sites is 1. The van der Waals surface area contributed by atoms with Crippen LogP contribution in [0.2, 0.25) is 0 Å². The quantitative estimate of drug-likeness (QED) is 0.263. The Morgan fingerprint density at radius 2 is 1.22 bits per heavy atom. The van der Waals surface area contributed by atoms with E-state index in [0.717, 1.165) is 28.0 Å². The first-order valence-corrected chi connectivity index (χ1v) is 11.8. The predicted molar refractivity (Wildman–Crippen MR) is 140 cm³/mol. The molecule has 0 N–H and O–H groups in total. The fourth-order valence-electron chi connectivity index (χ4n) is 4.01. The molecule has 4 aromatic rings. The zero-order valence-corrected chi connectivity index (χ0v) is 20.7. The highest BCUT2D eigenvalue weighted by Gasteiger charge is 2.18. The summed E-state index contributed by atoms with van der Waals surface area (Å²) in [6.07, 6.45) is 0. The van der Waals surface area contributed by atoms with Crippen molar-refractivity contribution in [1.29, 1.82) is 0 Å². The number of hydrogen-bond acceptors (Lipinski definition) is 4. The van der Waals surface area contributed by atoms with E-state index in [9.17, 15) is 9.59 Å². The van der Waals surface area contributed by atoms with Crippen LogP contribution in [0.5, 0.6) is 11.5 Å². The fraction of sp³-hybridized carbons (Fsp3) is 0.161. The first kappa shape index (κ1) is 24.7. The Balaban J connectivity index is 1.54. The van der Waals surface area contributed by atoms with E-state index < -0.39 is 0 Å². The standard InChI is InChI=1S/C31H29NO4/c1-22-8-7-9-23(2)29(22)36-28-18-16-26(17-19-28)30(33)32(20-24-10-5-4-6-11-24)21-25-12-14-27(15-13-25)31(34)35-3/h4-19H,20-21H2,1-3H3. The summed E-state index contributed by atoms with van der Waals surface area (Å²) < 4.78 is 10.9. The Hall–Kier alpha value is -4.38. The molecule has 4 aromatic carbocycles. The Bertz CT molecular complexity index is 1310. The summed E-state index contributed by atoms with van der Waals surface area (Å²) in [4.78, 5) is 27.1. The van der Waals surface area contributed by atoms with Crippen molar-refractivity contribution < 1.29 is 19.1 Å². The summed E-state index contributed by atoms with van der Waals surface area (Å²) in [5, 5.41) is 0. The lowest BCUT2D eigenvalue weighted by molar-refractivity contribution is 0.0600. The lowest BCUT2D eigenvalue weighted by Gasteiger charge is -2.23. The summed E-state index contributed by atoms with van der Waals surface area (Å²) >= 11 is 0. The third-order valence-corrected chi connectivity index (χ3v) is 5.98. The van der Waals surface area contributed by atoms with Crippen LogP contribution in [0.15, 0.2) is 97.1 Å². The van der Waals surface area contributed by atoms with Gasteiger partial charge in [-0.25, -0.2) is 4.79 Å². The van der Waals surface area contributed by atoms with Crippen LogP contribution >= 0.6 is 0 Å². The molecular formula is C31H29NO4. The summed E-state index contributed by atoms with van der Waals surface area (Å²) in [5.41, 5.74) is 5.12. The Labute approximate surface area is 211 Å². The molecule has 0 fully saturated rings. The van der Waals surface area contributed by atoms with E-state index in [1.54, 1.807) is 29.2 Å². The maximum absolute atomic E-state index is 13.6. The molecule has 5 nitrogen and oxygen atoms in total. The minimum atomic E-state index is -0.387. The third kappa shape index (κ3) is 5.99. The van der Waals surface area contributed by atoms with Crippen LogP contribution in [0.3, 0.4) is 0 Å². The van der Waals surface area contributed by atoms with Crippen LogP contribution in [0, 0.1) is 13.8 Å². The summed E-state index contributed by atoms with van der Waals surface area (Å²) in [7, 11) is 1.36. The number of hydrogen-bond donors (Lipinski definition) is 0. The predicted octanol–water partition coefficient (Wildman–Crippen LogP) is 6.72. The highest BCUT2D eigenvalue weighted by molar-refractivity contribution is 5.94. The Morgan fingerprint density at radius 3 is 1.81 bits per heavy atom. The average molecular weight is 480 g/mol. The molecule has 0 atom stereocenters. The lowest BCUT2D eigenvalue weighted by atomic mass is 10.1. The first-order valence-electron chi connectivity index (χ1n) is 11.8. The number of methoxy groups -OCH3 is 1. The maximum Gasteiger partial charge on any atom is 0.337 e. The van der Waals surface area contributed by atoms with Crippen molar-refractivity contribution >= 4 is 11.9 Å². The zero-order valence-electron chi connectivity index (χ0n) is 20.7. The SMILES string of the molecule is COC(=O)c1ccc(CN(Cc2ccccc2)C(=O)c2ccc(Oc3c(C)cccc3C)cc2)cc1. The van der Waals surface area contributed by atoms with Crippen molar-refractivity contribution in [1.82, 2.24) is 4.90 Å². The molecule has 0 aliphatic heterocycles. The highest BCUT2D eigenvalue weighted by atomic mass is 16.5.